The number of rotatable bonds is 3. The topological polar surface area (TPSA) is 108 Å². The summed E-state index contributed by atoms with van der Waals surface area (Å²) in [5.74, 6) is -0.863. The number of hydrogen-bond donors (Lipinski definition) is 0. The number of carbonyl (C=O) groups is 2. The number of sulfone groups is 1. The fourth-order valence-electron chi connectivity index (χ4n) is 3.75. The molecule has 2 aliphatic heterocycles. The maximum absolute atomic E-state index is 13.2. The number of halogens is 1. The Morgan fingerprint density at radius 3 is 2.48 bits per heavy atom. The van der Waals surface area contributed by atoms with E-state index in [2.05, 4.69) is 0 Å². The third-order valence-corrected chi connectivity index (χ3v) is 7.39. The molecule has 3 heterocycles. The van der Waals surface area contributed by atoms with Gasteiger partial charge in [0.2, 0.25) is 0 Å². The molecule has 158 valence electrons. The van der Waals surface area contributed by atoms with Crippen LogP contribution in [0.3, 0.4) is 0 Å². The van der Waals surface area contributed by atoms with Crippen LogP contribution in [0, 0.1) is 11.3 Å². The summed E-state index contributed by atoms with van der Waals surface area (Å²) in [5, 5.41) is 10.1. The summed E-state index contributed by atoms with van der Waals surface area (Å²) in [6.45, 7) is 1.52. The Hall–Kier alpha value is -3.15. The van der Waals surface area contributed by atoms with Crippen molar-refractivity contribution in [3.63, 3.8) is 0 Å². The summed E-state index contributed by atoms with van der Waals surface area (Å²) >= 11 is 5.91. The van der Waals surface area contributed by atoms with E-state index in [0.29, 0.717) is 16.5 Å². The molecule has 9 heteroatoms. The Bertz CT molecular complexity index is 1300. The summed E-state index contributed by atoms with van der Waals surface area (Å²) < 4.78 is 29.6. The first-order valence-corrected chi connectivity index (χ1v) is 11.7. The minimum Gasteiger partial charge on any atom is -0.457 e. The molecule has 7 nitrogen and oxygen atoms in total. The largest absolute Gasteiger partial charge is 0.457 e. The summed E-state index contributed by atoms with van der Waals surface area (Å²) in [5.41, 5.74) is 0.970. The molecular weight excluding hydrogens is 440 g/mol. The second-order valence-electron chi connectivity index (χ2n) is 7.42. The number of nitrogens with zero attached hydrogens (tertiary/aromatic N) is 2. The number of hydrogen-bond acceptors (Lipinski definition) is 6. The van der Waals surface area contributed by atoms with Gasteiger partial charge in [-0.05, 0) is 61.4 Å². The summed E-state index contributed by atoms with van der Waals surface area (Å²) in [7, 11) is -3.33. The lowest BCUT2D eigenvalue weighted by atomic mass is 9.93. The van der Waals surface area contributed by atoms with E-state index < -0.39 is 27.7 Å². The molecule has 0 N–H and O–H groups in total. The van der Waals surface area contributed by atoms with Crippen molar-refractivity contribution < 1.29 is 22.4 Å². The molecule has 1 aromatic carbocycles. The van der Waals surface area contributed by atoms with Crippen LogP contribution in [0.5, 0.6) is 0 Å². The first-order chi connectivity index (χ1) is 14.7. The zero-order valence-electron chi connectivity index (χ0n) is 16.5. The second kappa shape index (κ2) is 7.84. The van der Waals surface area contributed by atoms with Crippen LogP contribution in [0.2, 0.25) is 5.02 Å². The smallest absolute Gasteiger partial charge is 0.271 e. The van der Waals surface area contributed by atoms with Crippen molar-refractivity contribution in [2.24, 2.45) is 0 Å². The lowest BCUT2D eigenvalue weighted by molar-refractivity contribution is -0.142. The van der Waals surface area contributed by atoms with Gasteiger partial charge in [0, 0.05) is 16.2 Å². The quantitative estimate of drug-likeness (QED) is 0.517. The predicted molar refractivity (Wildman–Crippen MR) is 114 cm³/mol. The van der Waals surface area contributed by atoms with E-state index >= 15 is 0 Å². The van der Waals surface area contributed by atoms with Gasteiger partial charge in [0.1, 0.15) is 23.2 Å². The van der Waals surface area contributed by atoms with Crippen molar-refractivity contribution in [2.45, 2.75) is 19.4 Å². The Kier molecular flexibility index (Phi) is 5.33. The molecule has 1 atom stereocenters. The molecule has 0 aliphatic carbocycles. The average Bonchev–Trinajstić information content (AvgIpc) is 3.32. The zero-order valence-corrected chi connectivity index (χ0v) is 18.0. The Morgan fingerprint density at radius 1 is 1.16 bits per heavy atom. The second-order valence-corrected chi connectivity index (χ2v) is 10.1. The van der Waals surface area contributed by atoms with Crippen LogP contribution < -0.4 is 0 Å². The van der Waals surface area contributed by atoms with Crippen LogP contribution in [0.1, 0.15) is 19.1 Å². The highest BCUT2D eigenvalue weighted by atomic mass is 35.5. The van der Waals surface area contributed by atoms with Gasteiger partial charge in [0.15, 0.2) is 9.84 Å². The number of benzene rings is 1. The fraction of sp³-hybridized carbons (Fsp3) is 0.227. The normalized spacial score (nSPS) is 22.3. The molecule has 1 saturated heterocycles. The molecule has 0 saturated carbocycles. The van der Waals surface area contributed by atoms with Gasteiger partial charge < -0.3 is 4.42 Å². The van der Waals surface area contributed by atoms with Crippen LogP contribution in [0.15, 0.2) is 57.5 Å². The number of nitriles is 1. The van der Waals surface area contributed by atoms with Gasteiger partial charge in [-0.2, -0.15) is 5.26 Å². The van der Waals surface area contributed by atoms with E-state index in [1.54, 1.807) is 36.4 Å². The average molecular weight is 457 g/mol. The van der Waals surface area contributed by atoms with Crippen molar-refractivity contribution in [2.75, 3.05) is 11.5 Å². The van der Waals surface area contributed by atoms with Gasteiger partial charge in [0.25, 0.3) is 11.8 Å². The highest BCUT2D eigenvalue weighted by molar-refractivity contribution is 7.91. The van der Waals surface area contributed by atoms with Crippen molar-refractivity contribution in [1.82, 2.24) is 4.90 Å². The van der Waals surface area contributed by atoms with Crippen LogP contribution >= 0.6 is 11.6 Å². The highest BCUT2D eigenvalue weighted by Gasteiger charge is 2.43. The van der Waals surface area contributed by atoms with Crippen LogP contribution in [-0.4, -0.2) is 42.7 Å². The molecule has 0 bridgehead atoms. The summed E-state index contributed by atoms with van der Waals surface area (Å²) in [6.07, 6.45) is 1.63. The third-order valence-electron chi connectivity index (χ3n) is 5.39. The predicted octanol–water partition coefficient (Wildman–Crippen LogP) is 3.38. The Balaban J connectivity index is 1.73. The van der Waals surface area contributed by atoms with E-state index in [-0.39, 0.29) is 34.6 Å². The lowest BCUT2D eigenvalue weighted by Crippen LogP contribution is -2.49. The van der Waals surface area contributed by atoms with Gasteiger partial charge in [-0.1, -0.05) is 11.6 Å². The third kappa shape index (κ3) is 3.94. The van der Waals surface area contributed by atoms with E-state index in [4.69, 9.17) is 16.0 Å². The van der Waals surface area contributed by atoms with Crippen LogP contribution in [-0.2, 0) is 19.4 Å². The number of imide groups is 1. The number of amides is 2. The van der Waals surface area contributed by atoms with Crippen molar-refractivity contribution in [3.05, 3.63) is 63.9 Å². The summed E-state index contributed by atoms with van der Waals surface area (Å²) in [6, 6.07) is 11.5. The van der Waals surface area contributed by atoms with Crippen molar-refractivity contribution in [1.29, 1.82) is 5.26 Å². The molecule has 2 amide bonds. The minimum atomic E-state index is -3.33. The highest BCUT2D eigenvalue weighted by Crippen LogP contribution is 2.32. The first kappa shape index (κ1) is 21.1. The molecular formula is C22H17ClN2O5S. The molecule has 2 aromatic rings. The molecule has 31 heavy (non-hydrogen) atoms. The zero-order chi connectivity index (χ0) is 22.3. The molecule has 4 rings (SSSR count). The molecule has 2 aliphatic rings. The molecule has 1 fully saturated rings. The number of furan rings is 1. The van der Waals surface area contributed by atoms with Crippen LogP contribution in [0.4, 0.5) is 0 Å². The van der Waals surface area contributed by atoms with E-state index in [1.807, 2.05) is 6.07 Å². The minimum absolute atomic E-state index is 0.0962. The molecule has 1 unspecified atom stereocenters. The van der Waals surface area contributed by atoms with Crippen molar-refractivity contribution >= 4 is 39.3 Å². The first-order valence-electron chi connectivity index (χ1n) is 9.47. The Labute approximate surface area is 184 Å². The Morgan fingerprint density at radius 2 is 1.87 bits per heavy atom. The van der Waals surface area contributed by atoms with Crippen molar-refractivity contribution in [3.8, 4) is 17.4 Å². The fourth-order valence-corrected chi connectivity index (χ4v) is 5.58. The standard InChI is InChI=1S/C22H17ClN2O5S/c1-13-18(10-17-6-7-20(30-17)14-2-4-15(23)5-3-14)21(26)25(22(27)19(13)11-24)16-8-9-31(28,29)12-16/h2-7,10,16H,8-9,12H2,1H3/b18-10-. The van der Waals surface area contributed by atoms with Gasteiger partial charge >= 0.3 is 0 Å². The molecule has 0 spiro atoms. The monoisotopic (exact) mass is 456 g/mol. The molecule has 0 radical (unpaired) electrons. The van der Waals surface area contributed by atoms with E-state index in [9.17, 15) is 23.3 Å². The number of carbonyl (C=O) groups excluding carboxylic acids is 2. The van der Waals surface area contributed by atoms with E-state index in [1.165, 1.54) is 13.0 Å². The van der Waals surface area contributed by atoms with Crippen LogP contribution in [0.25, 0.3) is 17.4 Å². The van der Waals surface area contributed by atoms with Gasteiger partial charge in [0.05, 0.1) is 17.5 Å². The van der Waals surface area contributed by atoms with E-state index in [0.717, 1.165) is 10.5 Å². The molecule has 1 aromatic heterocycles. The lowest BCUT2D eigenvalue weighted by Gasteiger charge is -2.31. The van der Waals surface area contributed by atoms with Gasteiger partial charge in [-0.3, -0.25) is 14.5 Å². The maximum Gasteiger partial charge on any atom is 0.271 e. The maximum atomic E-state index is 13.2. The van der Waals surface area contributed by atoms with Gasteiger partial charge in [-0.15, -0.1) is 0 Å². The summed E-state index contributed by atoms with van der Waals surface area (Å²) in [4.78, 5) is 26.8. The van der Waals surface area contributed by atoms with Gasteiger partial charge in [-0.25, -0.2) is 8.42 Å². The SMILES string of the molecule is CC1=C(C#N)C(=O)N(C2CCS(=O)(=O)C2)C(=O)/C1=C\c1ccc(-c2ccc(Cl)cc2)o1.